The summed E-state index contributed by atoms with van der Waals surface area (Å²) in [6.07, 6.45) is 0. The van der Waals surface area contributed by atoms with Crippen LogP contribution < -0.4 is 5.32 Å². The molecule has 0 fully saturated rings. The molecular formula is C5H9NO3S. The lowest BCUT2D eigenvalue weighted by atomic mass is 10.6. The first kappa shape index (κ1) is 9.29. The zero-order chi connectivity index (χ0) is 7.98. The Hall–Kier alpha value is -0.710. The molecule has 0 saturated carbocycles. The lowest BCUT2D eigenvalue weighted by molar-refractivity contribution is -0.118. The van der Waals surface area contributed by atoms with E-state index in [0.717, 1.165) is 11.8 Å². The van der Waals surface area contributed by atoms with Gasteiger partial charge < -0.3 is 10.4 Å². The highest BCUT2D eigenvalue weighted by Crippen LogP contribution is 1.97. The molecule has 10 heavy (non-hydrogen) atoms. The molecule has 0 unspecified atom stereocenters. The van der Waals surface area contributed by atoms with Crippen LogP contribution in [-0.4, -0.2) is 28.6 Å². The second-order valence-electron chi connectivity index (χ2n) is 1.60. The maximum Gasteiger partial charge on any atom is 0.364 e. The van der Waals surface area contributed by atoms with Crippen molar-refractivity contribution in [1.29, 1.82) is 0 Å². The predicted octanol–water partition coefficient (Wildman–Crippen LogP) is 0.534. The minimum Gasteiger partial charge on any atom is -0.473 e. The Kier molecular flexibility index (Phi) is 4.74. The zero-order valence-electron chi connectivity index (χ0n) is 5.59. The van der Waals surface area contributed by atoms with Gasteiger partial charge in [0.05, 0.1) is 0 Å². The number of hydrogen-bond donors (Lipinski definition) is 2. The number of rotatable bonds is 3. The molecule has 0 atom stereocenters. The molecule has 0 aromatic carbocycles. The average Bonchev–Trinajstić information content (AvgIpc) is 1.79. The van der Waals surface area contributed by atoms with Crippen molar-refractivity contribution in [2.24, 2.45) is 0 Å². The van der Waals surface area contributed by atoms with Gasteiger partial charge in [-0.2, -0.15) is 0 Å². The van der Waals surface area contributed by atoms with Crippen LogP contribution in [0, 0.1) is 0 Å². The van der Waals surface area contributed by atoms with E-state index in [1.165, 1.54) is 6.92 Å². The first-order valence-electron chi connectivity index (χ1n) is 2.73. The summed E-state index contributed by atoms with van der Waals surface area (Å²) in [5.74, 6) is 0.278. The molecule has 0 saturated heterocycles. The van der Waals surface area contributed by atoms with Crippen LogP contribution in [0.15, 0.2) is 0 Å². The molecule has 0 spiro atoms. The Morgan fingerprint density at radius 1 is 1.60 bits per heavy atom. The Morgan fingerprint density at radius 2 is 2.20 bits per heavy atom. The number of nitrogens with one attached hydrogen (secondary N) is 1. The van der Waals surface area contributed by atoms with Crippen molar-refractivity contribution < 1.29 is 14.7 Å². The number of amides is 1. The quantitative estimate of drug-likeness (QED) is 0.596. The van der Waals surface area contributed by atoms with Gasteiger partial charge in [0.1, 0.15) is 0 Å². The maximum absolute atomic E-state index is 10.2. The molecule has 0 bridgehead atoms. The van der Waals surface area contributed by atoms with E-state index in [2.05, 4.69) is 5.32 Å². The minimum atomic E-state index is -0.912. The topological polar surface area (TPSA) is 66.4 Å². The van der Waals surface area contributed by atoms with Gasteiger partial charge in [-0.1, -0.05) is 0 Å². The summed E-state index contributed by atoms with van der Waals surface area (Å²) in [7, 11) is 0. The molecular weight excluding hydrogens is 154 g/mol. The van der Waals surface area contributed by atoms with Gasteiger partial charge in [-0.25, -0.2) is 4.79 Å². The number of carboxylic acid groups (broad SMARTS) is 1. The predicted molar refractivity (Wildman–Crippen MR) is 39.2 cm³/mol. The van der Waals surface area contributed by atoms with Crippen LogP contribution in [0.2, 0.25) is 0 Å². The molecule has 2 N–H and O–H groups in total. The van der Waals surface area contributed by atoms with Crippen LogP contribution in [-0.2, 0) is 4.79 Å². The van der Waals surface area contributed by atoms with Gasteiger partial charge in [0.15, 0.2) is 0 Å². The van der Waals surface area contributed by atoms with Gasteiger partial charge in [0.25, 0.3) is 0 Å². The van der Waals surface area contributed by atoms with E-state index < -0.39 is 5.30 Å². The summed E-state index contributed by atoms with van der Waals surface area (Å²) < 4.78 is 0. The highest BCUT2D eigenvalue weighted by molar-refractivity contribution is 8.13. The Labute approximate surface area is 63.0 Å². The van der Waals surface area contributed by atoms with E-state index >= 15 is 0 Å². The highest BCUT2D eigenvalue weighted by Gasteiger charge is 1.96. The van der Waals surface area contributed by atoms with Crippen molar-refractivity contribution in [3.05, 3.63) is 0 Å². The summed E-state index contributed by atoms with van der Waals surface area (Å²) in [5, 5.41) is 9.70. The molecule has 0 aromatic heterocycles. The van der Waals surface area contributed by atoms with Crippen LogP contribution in [0.5, 0.6) is 0 Å². The van der Waals surface area contributed by atoms with Crippen molar-refractivity contribution in [1.82, 2.24) is 5.32 Å². The fourth-order valence-corrected chi connectivity index (χ4v) is 0.744. The van der Waals surface area contributed by atoms with Crippen LogP contribution in [0.4, 0.5) is 4.79 Å². The van der Waals surface area contributed by atoms with Crippen LogP contribution in [0.25, 0.3) is 0 Å². The third-order valence-electron chi connectivity index (χ3n) is 0.702. The summed E-state index contributed by atoms with van der Waals surface area (Å²) in [5.41, 5.74) is 0. The number of hydrogen-bond acceptors (Lipinski definition) is 3. The van der Waals surface area contributed by atoms with Gasteiger partial charge in [0, 0.05) is 19.2 Å². The number of thioether (sulfide) groups is 1. The van der Waals surface area contributed by atoms with Gasteiger partial charge in [-0.3, -0.25) is 4.79 Å². The monoisotopic (exact) mass is 163 g/mol. The molecule has 0 aliphatic heterocycles. The second-order valence-corrected chi connectivity index (χ2v) is 2.64. The Balaban J connectivity index is 3.06. The van der Waals surface area contributed by atoms with E-state index in [4.69, 9.17) is 5.11 Å². The SMILES string of the molecule is CC(=O)NCCSC(=O)O. The standard InChI is InChI=1S/C5H9NO3S/c1-4(7)6-2-3-10-5(8)9/h2-3H2,1H3,(H,6,7)(H,8,9). The molecule has 0 aromatic rings. The number of carbonyl (C=O) groups is 2. The molecule has 0 rings (SSSR count). The van der Waals surface area contributed by atoms with Crippen molar-refractivity contribution in [3.63, 3.8) is 0 Å². The van der Waals surface area contributed by atoms with Gasteiger partial charge >= 0.3 is 5.30 Å². The normalized spacial score (nSPS) is 8.90. The molecule has 4 nitrogen and oxygen atoms in total. The second kappa shape index (κ2) is 5.10. The largest absolute Gasteiger partial charge is 0.473 e. The van der Waals surface area contributed by atoms with E-state index in [1.807, 2.05) is 0 Å². The average molecular weight is 163 g/mol. The summed E-state index contributed by atoms with van der Waals surface area (Å²) in [6.45, 7) is 1.80. The van der Waals surface area contributed by atoms with Gasteiger partial charge in [0.2, 0.25) is 5.91 Å². The lowest BCUT2D eigenvalue weighted by Gasteiger charge is -1.97. The number of carbonyl (C=O) groups excluding carboxylic acids is 1. The zero-order valence-corrected chi connectivity index (χ0v) is 6.40. The van der Waals surface area contributed by atoms with E-state index in [-0.39, 0.29) is 5.91 Å². The summed E-state index contributed by atoms with van der Waals surface area (Å²) in [6, 6.07) is 0. The van der Waals surface area contributed by atoms with E-state index in [1.54, 1.807) is 0 Å². The molecule has 0 aliphatic carbocycles. The first-order valence-corrected chi connectivity index (χ1v) is 3.71. The fraction of sp³-hybridized carbons (Fsp3) is 0.600. The maximum atomic E-state index is 10.2. The minimum absolute atomic E-state index is 0.133. The molecule has 0 heterocycles. The van der Waals surface area contributed by atoms with E-state index in [0.29, 0.717) is 12.3 Å². The fourth-order valence-electron chi connectivity index (χ4n) is 0.365. The van der Waals surface area contributed by atoms with Crippen molar-refractivity contribution in [3.8, 4) is 0 Å². The molecule has 1 amide bonds. The summed E-state index contributed by atoms with van der Waals surface area (Å²) >= 11 is 0.775. The first-order chi connectivity index (χ1) is 4.63. The highest BCUT2D eigenvalue weighted by atomic mass is 32.2. The third kappa shape index (κ3) is 7.29. The van der Waals surface area contributed by atoms with Crippen molar-refractivity contribution >= 4 is 23.0 Å². The smallest absolute Gasteiger partial charge is 0.364 e. The van der Waals surface area contributed by atoms with Crippen LogP contribution in [0.1, 0.15) is 6.92 Å². The van der Waals surface area contributed by atoms with E-state index in [9.17, 15) is 9.59 Å². The van der Waals surface area contributed by atoms with Gasteiger partial charge in [-0.05, 0) is 11.8 Å². The molecule has 58 valence electrons. The van der Waals surface area contributed by atoms with Crippen LogP contribution >= 0.6 is 11.8 Å². The lowest BCUT2D eigenvalue weighted by Crippen LogP contribution is -2.22. The van der Waals surface area contributed by atoms with Crippen LogP contribution in [0.3, 0.4) is 0 Å². The molecule has 0 aliphatic rings. The van der Waals surface area contributed by atoms with Crippen molar-refractivity contribution in [2.75, 3.05) is 12.3 Å². The van der Waals surface area contributed by atoms with Crippen molar-refractivity contribution in [2.45, 2.75) is 6.92 Å². The third-order valence-corrected chi connectivity index (χ3v) is 1.36. The van der Waals surface area contributed by atoms with Gasteiger partial charge in [-0.15, -0.1) is 0 Å². The Morgan fingerprint density at radius 3 is 2.60 bits per heavy atom. The molecule has 0 radical (unpaired) electrons. The molecule has 5 heteroatoms. The summed E-state index contributed by atoms with van der Waals surface area (Å²) in [4.78, 5) is 20.1. The Bertz CT molecular complexity index is 121.